The Hall–Kier alpha value is -1.62. The molecule has 1 unspecified atom stereocenters. The lowest BCUT2D eigenvalue weighted by Gasteiger charge is -2.43. The first-order valence-corrected chi connectivity index (χ1v) is 8.97. The Morgan fingerprint density at radius 1 is 1.33 bits per heavy atom. The summed E-state index contributed by atoms with van der Waals surface area (Å²) in [6.45, 7) is 3.83. The minimum absolute atomic E-state index is 0.0209. The third kappa shape index (κ3) is 3.56. The van der Waals surface area contributed by atoms with Crippen molar-refractivity contribution in [3.05, 3.63) is 35.6 Å². The van der Waals surface area contributed by atoms with Gasteiger partial charge in [-0.3, -0.25) is 0 Å². The minimum atomic E-state index is -0.299. The number of carbonyl (C=O) groups is 1. The maximum atomic E-state index is 13.1. The standard InChI is InChI=1S/C19H27FN2O2/c1-14(23)15-7-11-22(12-8-15)18(24)21-13-19(9-2-10-19)16-3-5-17(20)6-4-16/h3-6,14-15,23H,2,7-13H2,1H3,(H,21,24). The Morgan fingerprint density at radius 2 is 1.96 bits per heavy atom. The number of aliphatic hydroxyl groups is 1. The lowest BCUT2D eigenvalue weighted by Crippen LogP contribution is -2.51. The van der Waals surface area contributed by atoms with E-state index in [1.165, 1.54) is 12.1 Å². The van der Waals surface area contributed by atoms with Crippen LogP contribution in [-0.2, 0) is 5.41 Å². The molecule has 0 bridgehead atoms. The van der Waals surface area contributed by atoms with E-state index < -0.39 is 0 Å². The number of hydrogen-bond donors (Lipinski definition) is 2. The van der Waals surface area contributed by atoms with Gasteiger partial charge in [0.15, 0.2) is 0 Å². The molecule has 0 radical (unpaired) electrons. The highest BCUT2D eigenvalue weighted by Crippen LogP contribution is 2.43. The maximum Gasteiger partial charge on any atom is 0.317 e. The number of nitrogens with zero attached hydrogens (tertiary/aromatic N) is 1. The van der Waals surface area contributed by atoms with E-state index in [-0.39, 0.29) is 23.4 Å². The second-order valence-corrected chi connectivity index (χ2v) is 7.36. The van der Waals surface area contributed by atoms with Crippen LogP contribution in [0.4, 0.5) is 9.18 Å². The van der Waals surface area contributed by atoms with Crippen molar-refractivity contribution in [2.24, 2.45) is 5.92 Å². The normalized spacial score (nSPS) is 21.9. The van der Waals surface area contributed by atoms with Gasteiger partial charge in [0, 0.05) is 25.0 Å². The number of carbonyl (C=O) groups excluding carboxylic acids is 1. The number of hydrogen-bond acceptors (Lipinski definition) is 2. The van der Waals surface area contributed by atoms with E-state index in [1.54, 1.807) is 0 Å². The SMILES string of the molecule is CC(O)C1CCN(C(=O)NCC2(c3ccc(F)cc3)CCC2)CC1. The predicted octanol–water partition coefficient (Wildman–Crippen LogP) is 3.05. The van der Waals surface area contributed by atoms with Crippen molar-refractivity contribution < 1.29 is 14.3 Å². The fourth-order valence-electron chi connectivity index (χ4n) is 3.92. The number of piperidine rings is 1. The number of halogens is 1. The molecule has 1 heterocycles. The van der Waals surface area contributed by atoms with E-state index in [0.717, 1.165) is 37.7 Å². The molecule has 5 heteroatoms. The zero-order valence-electron chi connectivity index (χ0n) is 14.3. The molecule has 1 saturated heterocycles. The monoisotopic (exact) mass is 334 g/mol. The number of nitrogens with one attached hydrogen (secondary N) is 1. The molecule has 1 aromatic carbocycles. The van der Waals surface area contributed by atoms with Crippen LogP contribution in [0.5, 0.6) is 0 Å². The van der Waals surface area contributed by atoms with E-state index in [9.17, 15) is 14.3 Å². The van der Waals surface area contributed by atoms with Crippen LogP contribution >= 0.6 is 0 Å². The van der Waals surface area contributed by atoms with Gasteiger partial charge in [0.05, 0.1) is 6.10 Å². The van der Waals surface area contributed by atoms with Gasteiger partial charge in [-0.2, -0.15) is 0 Å². The zero-order chi connectivity index (χ0) is 17.2. The van der Waals surface area contributed by atoms with Crippen molar-refractivity contribution in [1.82, 2.24) is 10.2 Å². The molecule has 24 heavy (non-hydrogen) atoms. The topological polar surface area (TPSA) is 52.6 Å². The minimum Gasteiger partial charge on any atom is -0.393 e. The molecular weight excluding hydrogens is 307 g/mol. The number of urea groups is 1. The average Bonchev–Trinajstić information content (AvgIpc) is 2.55. The average molecular weight is 334 g/mol. The Balaban J connectivity index is 1.54. The van der Waals surface area contributed by atoms with Crippen molar-refractivity contribution >= 4 is 6.03 Å². The summed E-state index contributed by atoms with van der Waals surface area (Å²) >= 11 is 0. The third-order valence-corrected chi connectivity index (χ3v) is 5.85. The largest absolute Gasteiger partial charge is 0.393 e. The van der Waals surface area contributed by atoms with E-state index in [0.29, 0.717) is 25.6 Å². The Kier molecular flexibility index (Phi) is 5.09. The highest BCUT2D eigenvalue weighted by atomic mass is 19.1. The van der Waals surface area contributed by atoms with Gasteiger partial charge in [0.25, 0.3) is 0 Å². The van der Waals surface area contributed by atoms with Crippen LogP contribution in [0, 0.1) is 11.7 Å². The second kappa shape index (κ2) is 7.09. The maximum absolute atomic E-state index is 13.1. The van der Waals surface area contributed by atoms with Crippen LogP contribution in [0.3, 0.4) is 0 Å². The molecule has 2 aliphatic rings. The molecule has 3 rings (SSSR count). The molecule has 4 nitrogen and oxygen atoms in total. The molecule has 1 aliphatic carbocycles. The molecule has 1 atom stereocenters. The summed E-state index contributed by atoms with van der Waals surface area (Å²) < 4.78 is 13.1. The summed E-state index contributed by atoms with van der Waals surface area (Å²) in [5, 5.41) is 12.7. The van der Waals surface area contributed by atoms with Gasteiger partial charge in [0.1, 0.15) is 5.82 Å². The first-order chi connectivity index (χ1) is 11.5. The molecule has 1 saturated carbocycles. The van der Waals surface area contributed by atoms with E-state index in [2.05, 4.69) is 5.32 Å². The number of amides is 2. The lowest BCUT2D eigenvalue weighted by molar-refractivity contribution is 0.0791. The molecule has 0 spiro atoms. The Labute approximate surface area is 143 Å². The van der Waals surface area contributed by atoms with Gasteiger partial charge in [-0.25, -0.2) is 9.18 Å². The highest BCUT2D eigenvalue weighted by Gasteiger charge is 2.39. The highest BCUT2D eigenvalue weighted by molar-refractivity contribution is 5.74. The first kappa shape index (κ1) is 17.2. The lowest BCUT2D eigenvalue weighted by atomic mass is 9.64. The van der Waals surface area contributed by atoms with E-state index in [1.807, 2.05) is 24.0 Å². The van der Waals surface area contributed by atoms with Crippen LogP contribution in [-0.4, -0.2) is 41.8 Å². The summed E-state index contributed by atoms with van der Waals surface area (Å²) in [6.07, 6.45) is 4.62. The summed E-state index contributed by atoms with van der Waals surface area (Å²) in [7, 11) is 0. The molecule has 0 aromatic heterocycles. The van der Waals surface area contributed by atoms with Gasteiger partial charge in [-0.05, 0) is 56.2 Å². The van der Waals surface area contributed by atoms with E-state index >= 15 is 0 Å². The zero-order valence-corrected chi connectivity index (χ0v) is 14.3. The predicted molar refractivity (Wildman–Crippen MR) is 91.3 cm³/mol. The fourth-order valence-corrected chi connectivity index (χ4v) is 3.92. The molecular formula is C19H27FN2O2. The Bertz CT molecular complexity index is 561. The van der Waals surface area contributed by atoms with Crippen molar-refractivity contribution in [2.45, 2.75) is 50.5 Å². The van der Waals surface area contributed by atoms with Crippen LogP contribution in [0.15, 0.2) is 24.3 Å². The molecule has 132 valence electrons. The number of benzene rings is 1. The van der Waals surface area contributed by atoms with Gasteiger partial charge >= 0.3 is 6.03 Å². The summed E-state index contributed by atoms with van der Waals surface area (Å²) in [5.41, 5.74) is 1.07. The number of rotatable bonds is 4. The molecule has 1 aliphatic heterocycles. The van der Waals surface area contributed by atoms with E-state index in [4.69, 9.17) is 0 Å². The van der Waals surface area contributed by atoms with Crippen LogP contribution in [0.25, 0.3) is 0 Å². The molecule has 2 amide bonds. The van der Waals surface area contributed by atoms with Crippen molar-refractivity contribution in [3.63, 3.8) is 0 Å². The van der Waals surface area contributed by atoms with Gasteiger partial charge in [-0.15, -0.1) is 0 Å². The van der Waals surface area contributed by atoms with Gasteiger partial charge in [-0.1, -0.05) is 18.6 Å². The number of aliphatic hydroxyl groups excluding tert-OH is 1. The summed E-state index contributed by atoms with van der Waals surface area (Å²) in [5.74, 6) is 0.0736. The first-order valence-electron chi connectivity index (χ1n) is 8.97. The van der Waals surface area contributed by atoms with Crippen LogP contribution in [0.1, 0.15) is 44.6 Å². The Morgan fingerprint density at radius 3 is 2.46 bits per heavy atom. The van der Waals surface area contributed by atoms with Gasteiger partial charge in [0.2, 0.25) is 0 Å². The van der Waals surface area contributed by atoms with Gasteiger partial charge < -0.3 is 15.3 Å². The van der Waals surface area contributed by atoms with Crippen LogP contribution in [0.2, 0.25) is 0 Å². The fraction of sp³-hybridized carbons (Fsp3) is 0.632. The smallest absolute Gasteiger partial charge is 0.317 e. The van der Waals surface area contributed by atoms with Crippen LogP contribution < -0.4 is 5.32 Å². The second-order valence-electron chi connectivity index (χ2n) is 7.36. The molecule has 2 N–H and O–H groups in total. The summed E-state index contributed by atoms with van der Waals surface area (Å²) in [6, 6.07) is 6.66. The third-order valence-electron chi connectivity index (χ3n) is 5.85. The number of likely N-dealkylation sites (tertiary alicyclic amines) is 1. The van der Waals surface area contributed by atoms with Crippen molar-refractivity contribution in [2.75, 3.05) is 19.6 Å². The quantitative estimate of drug-likeness (QED) is 0.889. The van der Waals surface area contributed by atoms with Crippen molar-refractivity contribution in [3.8, 4) is 0 Å². The molecule has 2 fully saturated rings. The van der Waals surface area contributed by atoms with Crippen molar-refractivity contribution in [1.29, 1.82) is 0 Å². The summed E-state index contributed by atoms with van der Waals surface area (Å²) in [4.78, 5) is 14.3. The molecule has 1 aromatic rings.